The Morgan fingerprint density at radius 1 is 1.05 bits per heavy atom. The highest BCUT2D eigenvalue weighted by atomic mass is 32.1. The molecule has 0 aliphatic rings. The van der Waals surface area contributed by atoms with Gasteiger partial charge in [0.1, 0.15) is 0 Å². The third kappa shape index (κ3) is 2.76. The fourth-order valence-electron chi connectivity index (χ4n) is 2.39. The summed E-state index contributed by atoms with van der Waals surface area (Å²) in [7, 11) is 0. The maximum absolute atomic E-state index is 3.92. The second kappa shape index (κ2) is 5.98. The normalized spacial score (nSPS) is 11.1. The van der Waals surface area contributed by atoms with Crippen molar-refractivity contribution in [1.29, 1.82) is 0 Å². The van der Waals surface area contributed by atoms with Crippen LogP contribution >= 0.6 is 11.3 Å². The highest BCUT2D eigenvalue weighted by Gasteiger charge is 2.08. The summed E-state index contributed by atoms with van der Waals surface area (Å²) in [6.07, 6.45) is 6.16. The smallest absolute Gasteiger partial charge is 0.0391 e. The molecule has 0 aliphatic carbocycles. The largest absolute Gasteiger partial charge is 0.356 e. The Kier molecular flexibility index (Phi) is 3.89. The van der Waals surface area contributed by atoms with E-state index < -0.39 is 0 Å². The molecule has 0 atom stereocenters. The van der Waals surface area contributed by atoms with Gasteiger partial charge in [0, 0.05) is 31.9 Å². The Hall–Kier alpha value is -2.32. The van der Waals surface area contributed by atoms with E-state index in [0.717, 1.165) is 11.4 Å². The lowest BCUT2D eigenvalue weighted by atomic mass is 10.1. The van der Waals surface area contributed by atoms with E-state index in [-0.39, 0.29) is 0 Å². The van der Waals surface area contributed by atoms with Crippen LogP contribution in [0, 0.1) is 0 Å². The van der Waals surface area contributed by atoms with Gasteiger partial charge in [0.2, 0.25) is 0 Å². The van der Waals surface area contributed by atoms with Gasteiger partial charge in [-0.2, -0.15) is 0 Å². The van der Waals surface area contributed by atoms with Crippen LogP contribution in [0.15, 0.2) is 61.2 Å². The molecule has 0 bridgehead atoms. The number of benzene rings is 2. The minimum absolute atomic E-state index is 1.10. The zero-order valence-electron chi connectivity index (χ0n) is 12.0. The second-order valence-electron chi connectivity index (χ2n) is 4.79. The molecule has 3 aromatic rings. The minimum Gasteiger partial charge on any atom is -0.356 e. The summed E-state index contributed by atoms with van der Waals surface area (Å²) >= 11 is 1.78. The van der Waals surface area contributed by atoms with E-state index in [1.54, 1.807) is 11.3 Å². The quantitative estimate of drug-likeness (QED) is 0.593. The number of anilines is 2. The van der Waals surface area contributed by atoms with Gasteiger partial charge in [0.05, 0.1) is 0 Å². The van der Waals surface area contributed by atoms with Crippen LogP contribution in [0.1, 0.15) is 17.4 Å². The van der Waals surface area contributed by atoms with E-state index in [4.69, 9.17) is 0 Å². The third-order valence-electron chi connectivity index (χ3n) is 3.34. The van der Waals surface area contributed by atoms with Crippen molar-refractivity contribution in [2.75, 3.05) is 5.32 Å². The molecule has 2 aromatic carbocycles. The molecule has 0 unspecified atom stereocenters. The zero-order valence-corrected chi connectivity index (χ0v) is 12.8. The summed E-state index contributed by atoms with van der Waals surface area (Å²) in [6, 6.07) is 16.7. The van der Waals surface area contributed by atoms with E-state index >= 15 is 0 Å². The van der Waals surface area contributed by atoms with Crippen molar-refractivity contribution < 1.29 is 0 Å². The number of hydrogen-bond acceptors (Lipinski definition) is 2. The molecule has 0 aliphatic heterocycles. The molecule has 0 radical (unpaired) electrons. The lowest BCUT2D eigenvalue weighted by Gasteiger charge is -2.06. The first-order chi connectivity index (χ1) is 10.3. The van der Waals surface area contributed by atoms with Crippen molar-refractivity contribution in [3.8, 4) is 0 Å². The van der Waals surface area contributed by atoms with Crippen molar-refractivity contribution in [1.82, 2.24) is 0 Å². The Morgan fingerprint density at radius 2 is 1.86 bits per heavy atom. The van der Waals surface area contributed by atoms with E-state index in [2.05, 4.69) is 54.4 Å². The van der Waals surface area contributed by atoms with Crippen LogP contribution in [0.4, 0.5) is 11.4 Å². The van der Waals surface area contributed by atoms with E-state index in [1.165, 1.54) is 20.5 Å². The average Bonchev–Trinajstić information content (AvgIpc) is 2.86. The lowest BCUT2D eigenvalue weighted by Crippen LogP contribution is -1.89. The van der Waals surface area contributed by atoms with Gasteiger partial charge in [0.15, 0.2) is 0 Å². The predicted octanol–water partition coefficient (Wildman–Crippen LogP) is 6.32. The van der Waals surface area contributed by atoms with Crippen molar-refractivity contribution in [2.24, 2.45) is 0 Å². The Morgan fingerprint density at radius 3 is 2.57 bits per heavy atom. The summed E-state index contributed by atoms with van der Waals surface area (Å²) in [6.45, 7) is 5.96. The molecule has 0 amide bonds. The maximum atomic E-state index is 3.92. The molecule has 21 heavy (non-hydrogen) atoms. The van der Waals surface area contributed by atoms with Gasteiger partial charge in [-0.15, -0.1) is 11.3 Å². The second-order valence-corrected chi connectivity index (χ2v) is 5.87. The van der Waals surface area contributed by atoms with Gasteiger partial charge >= 0.3 is 0 Å². The fraction of sp³-hybridized carbons (Fsp3) is 0.0526. The summed E-state index contributed by atoms with van der Waals surface area (Å²) in [5.41, 5.74) is 3.46. The van der Waals surface area contributed by atoms with Crippen LogP contribution < -0.4 is 5.32 Å². The summed E-state index contributed by atoms with van der Waals surface area (Å²) in [5, 5.41) is 4.72. The number of thiophene rings is 1. The average molecular weight is 291 g/mol. The molecule has 1 aromatic heterocycles. The number of allylic oxidation sites excluding steroid dienone is 1. The van der Waals surface area contributed by atoms with Gasteiger partial charge < -0.3 is 5.32 Å². The molecule has 0 saturated heterocycles. The Balaban J connectivity index is 2.06. The minimum atomic E-state index is 1.10. The Bertz CT molecular complexity index is 797. The first-order valence-corrected chi connectivity index (χ1v) is 7.77. The number of fused-ring (bicyclic) bond motifs is 1. The predicted molar refractivity (Wildman–Crippen MR) is 96.3 cm³/mol. The van der Waals surface area contributed by atoms with Gasteiger partial charge in [-0.3, -0.25) is 0 Å². The molecule has 1 N–H and O–H groups in total. The van der Waals surface area contributed by atoms with E-state index in [9.17, 15) is 0 Å². The van der Waals surface area contributed by atoms with Crippen LogP contribution in [0.5, 0.6) is 0 Å². The third-order valence-corrected chi connectivity index (χ3v) is 4.52. The first-order valence-electron chi connectivity index (χ1n) is 6.95. The van der Waals surface area contributed by atoms with E-state index in [0.29, 0.717) is 0 Å². The van der Waals surface area contributed by atoms with Crippen molar-refractivity contribution in [2.45, 2.75) is 6.92 Å². The summed E-state index contributed by atoms with van der Waals surface area (Å²) in [4.78, 5) is 1.22. The van der Waals surface area contributed by atoms with E-state index in [1.807, 2.05) is 31.2 Å². The molecular formula is C19H17NS. The summed E-state index contributed by atoms with van der Waals surface area (Å²) < 4.78 is 1.29. The van der Waals surface area contributed by atoms with Gasteiger partial charge in [-0.25, -0.2) is 0 Å². The zero-order chi connectivity index (χ0) is 14.7. The molecule has 1 nitrogen and oxygen atoms in total. The standard InChI is InChI=1S/C19H17NS/c1-3-8-16-17-13-15(20-14-9-6-5-7-10-14)11-12-19(17)21-18(16)4-2/h3-13,20H,2H2,1H3/b8-3-. The lowest BCUT2D eigenvalue weighted by molar-refractivity contribution is 1.57. The fourth-order valence-corrected chi connectivity index (χ4v) is 3.41. The maximum Gasteiger partial charge on any atom is 0.0391 e. The van der Waals surface area contributed by atoms with Gasteiger partial charge in [-0.1, -0.05) is 43.0 Å². The van der Waals surface area contributed by atoms with Gasteiger partial charge in [0.25, 0.3) is 0 Å². The van der Waals surface area contributed by atoms with Crippen LogP contribution in [-0.2, 0) is 0 Å². The van der Waals surface area contributed by atoms with Crippen LogP contribution in [0.2, 0.25) is 0 Å². The van der Waals surface area contributed by atoms with Crippen LogP contribution in [0.25, 0.3) is 22.2 Å². The highest BCUT2D eigenvalue weighted by molar-refractivity contribution is 7.20. The van der Waals surface area contributed by atoms with Crippen molar-refractivity contribution >= 4 is 44.9 Å². The molecule has 2 heteroatoms. The molecule has 3 rings (SSSR count). The van der Waals surface area contributed by atoms with Crippen molar-refractivity contribution in [3.05, 3.63) is 71.6 Å². The highest BCUT2D eigenvalue weighted by Crippen LogP contribution is 2.35. The topological polar surface area (TPSA) is 12.0 Å². The molecular weight excluding hydrogens is 274 g/mol. The number of rotatable bonds is 4. The number of nitrogens with one attached hydrogen (secondary N) is 1. The Labute approximate surface area is 129 Å². The van der Waals surface area contributed by atoms with Crippen LogP contribution in [-0.4, -0.2) is 0 Å². The first kappa shape index (κ1) is 13.7. The molecule has 0 saturated carbocycles. The molecule has 1 heterocycles. The van der Waals surface area contributed by atoms with Crippen LogP contribution in [0.3, 0.4) is 0 Å². The number of para-hydroxylation sites is 1. The summed E-state index contributed by atoms with van der Waals surface area (Å²) in [5.74, 6) is 0. The molecule has 104 valence electrons. The molecule has 0 spiro atoms. The van der Waals surface area contributed by atoms with Crippen molar-refractivity contribution in [3.63, 3.8) is 0 Å². The molecule has 0 fully saturated rings. The monoisotopic (exact) mass is 291 g/mol. The number of hydrogen-bond donors (Lipinski definition) is 1. The van der Waals surface area contributed by atoms with Gasteiger partial charge in [-0.05, 0) is 37.3 Å². The SMILES string of the molecule is C=Cc1sc2ccc(Nc3ccccc3)cc2c1/C=C\C.